The molecule has 28 heavy (non-hydrogen) atoms. The van der Waals surface area contributed by atoms with Gasteiger partial charge in [0.2, 0.25) is 11.8 Å². The van der Waals surface area contributed by atoms with E-state index in [2.05, 4.69) is 29.4 Å². The summed E-state index contributed by atoms with van der Waals surface area (Å²) in [5, 5.41) is 11.3. The number of hydrogen-bond acceptors (Lipinski definition) is 5. The van der Waals surface area contributed by atoms with Gasteiger partial charge in [-0.2, -0.15) is 0 Å². The number of carbonyl (C=O) groups is 1. The number of carbonyl (C=O) groups excluding carboxylic acids is 1. The molecule has 0 saturated carbocycles. The van der Waals surface area contributed by atoms with Gasteiger partial charge in [-0.15, -0.1) is 10.2 Å². The van der Waals surface area contributed by atoms with E-state index < -0.39 is 0 Å². The van der Waals surface area contributed by atoms with Gasteiger partial charge < -0.3 is 9.73 Å². The lowest BCUT2D eigenvalue weighted by atomic mass is 9.97. The molecule has 1 aromatic heterocycles. The lowest BCUT2D eigenvalue weighted by Crippen LogP contribution is -2.30. The molecule has 3 aromatic rings. The van der Waals surface area contributed by atoms with Gasteiger partial charge in [-0.1, -0.05) is 55.9 Å². The first-order valence-corrected chi connectivity index (χ1v) is 10.1. The monoisotopic (exact) mass is 399 g/mol. The van der Waals surface area contributed by atoms with Gasteiger partial charge in [-0.25, -0.2) is 4.39 Å². The third-order valence-electron chi connectivity index (χ3n) is 4.07. The topological polar surface area (TPSA) is 68.0 Å². The van der Waals surface area contributed by atoms with E-state index in [-0.39, 0.29) is 23.5 Å². The number of hydrogen-bond donors (Lipinski definition) is 1. The highest BCUT2D eigenvalue weighted by atomic mass is 32.2. The Hall–Kier alpha value is -2.67. The summed E-state index contributed by atoms with van der Waals surface area (Å²) in [6.07, 6.45) is 0.857. The van der Waals surface area contributed by atoms with Crippen molar-refractivity contribution in [3.8, 4) is 11.5 Å². The van der Waals surface area contributed by atoms with Crippen molar-refractivity contribution in [2.24, 2.45) is 5.92 Å². The van der Waals surface area contributed by atoms with Crippen LogP contribution >= 0.6 is 11.8 Å². The maximum atomic E-state index is 13.0. The predicted octanol–water partition coefficient (Wildman–Crippen LogP) is 4.87. The Bertz CT molecular complexity index is 898. The molecule has 1 N–H and O–H groups in total. The van der Waals surface area contributed by atoms with Crippen molar-refractivity contribution in [2.75, 3.05) is 5.75 Å². The summed E-state index contributed by atoms with van der Waals surface area (Å²) >= 11 is 1.18. The fraction of sp³-hybridized carbons (Fsp3) is 0.286. The normalized spacial score (nSPS) is 12.1. The molecule has 0 radical (unpaired) electrons. The Labute approximate surface area is 167 Å². The number of rotatable bonds is 8. The van der Waals surface area contributed by atoms with Crippen LogP contribution in [0.2, 0.25) is 0 Å². The summed E-state index contributed by atoms with van der Waals surface area (Å²) in [4.78, 5) is 12.4. The number of nitrogens with zero attached hydrogens (tertiary/aromatic N) is 2. The average Bonchev–Trinajstić information content (AvgIpc) is 3.16. The zero-order chi connectivity index (χ0) is 19.9. The number of halogens is 1. The van der Waals surface area contributed by atoms with E-state index in [1.165, 1.54) is 23.9 Å². The van der Waals surface area contributed by atoms with Crippen LogP contribution in [0.4, 0.5) is 4.39 Å². The molecule has 1 atom stereocenters. The van der Waals surface area contributed by atoms with Crippen molar-refractivity contribution < 1.29 is 13.6 Å². The number of amides is 1. The fourth-order valence-electron chi connectivity index (χ4n) is 2.78. The second-order valence-corrected chi connectivity index (χ2v) is 7.76. The number of nitrogens with one attached hydrogen (secondary N) is 1. The van der Waals surface area contributed by atoms with E-state index in [1.54, 1.807) is 12.1 Å². The molecule has 0 fully saturated rings. The van der Waals surface area contributed by atoms with Crippen molar-refractivity contribution in [3.63, 3.8) is 0 Å². The van der Waals surface area contributed by atoms with Gasteiger partial charge >= 0.3 is 0 Å². The summed E-state index contributed by atoms with van der Waals surface area (Å²) in [6, 6.07) is 15.7. The van der Waals surface area contributed by atoms with Gasteiger partial charge in [-0.05, 0) is 42.2 Å². The largest absolute Gasteiger partial charge is 0.411 e. The third kappa shape index (κ3) is 5.66. The van der Waals surface area contributed by atoms with E-state index >= 15 is 0 Å². The van der Waals surface area contributed by atoms with Crippen LogP contribution < -0.4 is 5.32 Å². The first-order chi connectivity index (χ1) is 13.5. The van der Waals surface area contributed by atoms with Crippen LogP contribution in [0, 0.1) is 11.7 Å². The van der Waals surface area contributed by atoms with Crippen molar-refractivity contribution in [1.29, 1.82) is 0 Å². The Kier molecular flexibility index (Phi) is 6.81. The Morgan fingerprint density at radius 2 is 1.82 bits per heavy atom. The second-order valence-electron chi connectivity index (χ2n) is 6.83. The predicted molar refractivity (Wildman–Crippen MR) is 107 cm³/mol. The van der Waals surface area contributed by atoms with Crippen molar-refractivity contribution in [1.82, 2.24) is 15.5 Å². The van der Waals surface area contributed by atoms with Crippen LogP contribution in [0.5, 0.6) is 0 Å². The van der Waals surface area contributed by atoms with Gasteiger partial charge in [0.05, 0.1) is 11.8 Å². The molecule has 5 nitrogen and oxygen atoms in total. The fourth-order valence-corrected chi connectivity index (χ4v) is 3.35. The number of thioether (sulfide) groups is 1. The number of benzene rings is 2. The minimum atomic E-state index is -0.330. The van der Waals surface area contributed by atoms with E-state index in [1.807, 2.05) is 30.3 Å². The van der Waals surface area contributed by atoms with Gasteiger partial charge in [0, 0.05) is 5.56 Å². The molecule has 0 aliphatic carbocycles. The Morgan fingerprint density at radius 3 is 2.50 bits per heavy atom. The van der Waals surface area contributed by atoms with E-state index in [0.29, 0.717) is 22.6 Å². The standard InChI is InChI=1S/C21H22FN3O2S/c1-14(2)12-18(15-6-4-3-5-7-15)23-19(26)13-28-21-25-24-20(27-21)16-8-10-17(22)11-9-16/h3-11,14,18H,12-13H2,1-2H3,(H,23,26)/t18-/m0/s1. The first-order valence-electron chi connectivity index (χ1n) is 9.08. The molecule has 1 amide bonds. The van der Waals surface area contributed by atoms with Crippen LogP contribution in [0.3, 0.4) is 0 Å². The lowest BCUT2D eigenvalue weighted by Gasteiger charge is -2.21. The molecule has 2 aromatic carbocycles. The summed E-state index contributed by atoms with van der Waals surface area (Å²) in [7, 11) is 0. The lowest BCUT2D eigenvalue weighted by molar-refractivity contribution is -0.119. The first kappa shape index (κ1) is 20.1. The van der Waals surface area contributed by atoms with Crippen LogP contribution in [0.25, 0.3) is 11.5 Å². The molecule has 7 heteroatoms. The third-order valence-corrected chi connectivity index (χ3v) is 4.89. The van der Waals surface area contributed by atoms with Crippen molar-refractivity contribution in [3.05, 3.63) is 66.0 Å². The molecule has 1 heterocycles. The van der Waals surface area contributed by atoms with Gasteiger partial charge in [0.1, 0.15) is 5.82 Å². The van der Waals surface area contributed by atoms with Gasteiger partial charge in [-0.3, -0.25) is 4.79 Å². The van der Waals surface area contributed by atoms with Crippen LogP contribution in [-0.4, -0.2) is 21.9 Å². The zero-order valence-corrected chi connectivity index (χ0v) is 16.6. The Balaban J connectivity index is 1.58. The minimum absolute atomic E-state index is 0.0354. The van der Waals surface area contributed by atoms with Gasteiger partial charge in [0.25, 0.3) is 5.22 Å². The molecular weight excluding hydrogens is 377 g/mol. The molecule has 0 unspecified atom stereocenters. The zero-order valence-electron chi connectivity index (χ0n) is 15.8. The van der Waals surface area contributed by atoms with Crippen LogP contribution in [0.15, 0.2) is 64.2 Å². The highest BCUT2D eigenvalue weighted by Gasteiger charge is 2.17. The average molecular weight is 399 g/mol. The molecular formula is C21H22FN3O2S. The number of aromatic nitrogens is 2. The summed E-state index contributed by atoms with van der Waals surface area (Å²) in [5.41, 5.74) is 1.72. The molecule has 0 bridgehead atoms. The molecule has 0 aliphatic rings. The molecule has 0 saturated heterocycles. The summed E-state index contributed by atoms with van der Waals surface area (Å²) in [5.74, 6) is 0.495. The Morgan fingerprint density at radius 1 is 1.11 bits per heavy atom. The maximum Gasteiger partial charge on any atom is 0.277 e. The maximum absolute atomic E-state index is 13.0. The highest BCUT2D eigenvalue weighted by molar-refractivity contribution is 7.99. The SMILES string of the molecule is CC(C)C[C@H](NC(=O)CSc1nnc(-c2ccc(F)cc2)o1)c1ccccc1. The highest BCUT2D eigenvalue weighted by Crippen LogP contribution is 2.24. The quantitative estimate of drug-likeness (QED) is 0.547. The van der Waals surface area contributed by atoms with E-state index in [0.717, 1.165) is 12.0 Å². The minimum Gasteiger partial charge on any atom is -0.411 e. The van der Waals surface area contributed by atoms with E-state index in [9.17, 15) is 9.18 Å². The summed E-state index contributed by atoms with van der Waals surface area (Å²) < 4.78 is 18.6. The molecule has 0 aliphatic heterocycles. The molecule has 146 valence electrons. The summed E-state index contributed by atoms with van der Waals surface area (Å²) in [6.45, 7) is 4.26. The van der Waals surface area contributed by atoms with E-state index in [4.69, 9.17) is 4.42 Å². The van der Waals surface area contributed by atoms with Crippen LogP contribution in [0.1, 0.15) is 31.9 Å². The van der Waals surface area contributed by atoms with Crippen molar-refractivity contribution in [2.45, 2.75) is 31.5 Å². The molecule has 3 rings (SSSR count). The van der Waals surface area contributed by atoms with Crippen molar-refractivity contribution >= 4 is 17.7 Å². The van der Waals surface area contributed by atoms with Gasteiger partial charge in [0.15, 0.2) is 0 Å². The van der Waals surface area contributed by atoms with Crippen LogP contribution in [-0.2, 0) is 4.79 Å². The molecule has 0 spiro atoms. The smallest absolute Gasteiger partial charge is 0.277 e. The second kappa shape index (κ2) is 9.50.